The number of methoxy groups -OCH3 is 1. The van der Waals surface area contributed by atoms with Gasteiger partial charge in [-0.25, -0.2) is 0 Å². The molecule has 2 heterocycles. The third-order valence-electron chi connectivity index (χ3n) is 5.02. The maximum absolute atomic E-state index is 5.25. The van der Waals surface area contributed by atoms with Crippen molar-refractivity contribution in [3.8, 4) is 0 Å². The van der Waals surface area contributed by atoms with Crippen molar-refractivity contribution in [2.75, 3.05) is 46.4 Å². The molecule has 1 aliphatic carbocycles. The van der Waals surface area contributed by atoms with Crippen molar-refractivity contribution in [2.45, 2.75) is 38.1 Å². The lowest BCUT2D eigenvalue weighted by Crippen LogP contribution is -2.51. The third kappa shape index (κ3) is 2.67. The Hall–Kier alpha value is -0.120. The van der Waals surface area contributed by atoms with Crippen LogP contribution in [-0.2, 0) is 4.74 Å². The summed E-state index contributed by atoms with van der Waals surface area (Å²) in [4.78, 5) is 5.43. The second-order valence-electron chi connectivity index (χ2n) is 6.31. The van der Waals surface area contributed by atoms with Crippen LogP contribution in [0.25, 0.3) is 0 Å². The number of ether oxygens (including phenoxy) is 1. The van der Waals surface area contributed by atoms with Crippen molar-refractivity contribution in [1.82, 2.24) is 9.80 Å². The number of piperazine rings is 1. The van der Waals surface area contributed by atoms with E-state index < -0.39 is 0 Å². The Morgan fingerprint density at radius 1 is 1.24 bits per heavy atom. The average molecular weight is 238 g/mol. The van der Waals surface area contributed by atoms with Crippen LogP contribution in [0.5, 0.6) is 0 Å². The van der Waals surface area contributed by atoms with E-state index in [1.165, 1.54) is 64.8 Å². The smallest absolute Gasteiger partial charge is 0.0468 e. The second kappa shape index (κ2) is 4.87. The van der Waals surface area contributed by atoms with Crippen molar-refractivity contribution >= 4 is 0 Å². The molecule has 2 aliphatic heterocycles. The van der Waals surface area contributed by atoms with Gasteiger partial charge in [-0.15, -0.1) is 0 Å². The first-order valence-corrected chi connectivity index (χ1v) is 7.27. The van der Waals surface area contributed by atoms with Gasteiger partial charge in [0.1, 0.15) is 0 Å². The first kappa shape index (κ1) is 11.9. The average Bonchev–Trinajstić information content (AvgIpc) is 2.93. The van der Waals surface area contributed by atoms with Gasteiger partial charge in [-0.2, -0.15) is 0 Å². The Morgan fingerprint density at radius 3 is 2.88 bits per heavy atom. The van der Waals surface area contributed by atoms with E-state index in [1.807, 2.05) is 7.11 Å². The van der Waals surface area contributed by atoms with E-state index in [9.17, 15) is 0 Å². The standard InChI is InChI=1S/C14H26N2O/c1-17-10-6-14(4-5-14)12-15-8-9-16-7-2-3-13(16)11-15/h13H,2-12H2,1H3. The highest BCUT2D eigenvalue weighted by Gasteiger charge is 2.44. The molecule has 0 amide bonds. The maximum Gasteiger partial charge on any atom is 0.0468 e. The molecule has 98 valence electrons. The van der Waals surface area contributed by atoms with Gasteiger partial charge in [-0.3, -0.25) is 9.80 Å². The van der Waals surface area contributed by atoms with Crippen LogP contribution in [0.1, 0.15) is 32.1 Å². The quantitative estimate of drug-likeness (QED) is 0.723. The van der Waals surface area contributed by atoms with Gasteiger partial charge in [0.05, 0.1) is 0 Å². The van der Waals surface area contributed by atoms with Crippen LogP contribution >= 0.6 is 0 Å². The molecule has 1 atom stereocenters. The van der Waals surface area contributed by atoms with Gasteiger partial charge in [0.25, 0.3) is 0 Å². The molecule has 3 aliphatic rings. The summed E-state index contributed by atoms with van der Waals surface area (Å²) in [5.74, 6) is 0. The van der Waals surface area contributed by atoms with E-state index in [1.54, 1.807) is 0 Å². The monoisotopic (exact) mass is 238 g/mol. The van der Waals surface area contributed by atoms with Gasteiger partial charge in [0, 0.05) is 45.9 Å². The first-order valence-electron chi connectivity index (χ1n) is 7.27. The molecule has 0 aromatic heterocycles. The molecule has 1 saturated carbocycles. The van der Waals surface area contributed by atoms with Crippen molar-refractivity contribution in [2.24, 2.45) is 5.41 Å². The van der Waals surface area contributed by atoms with E-state index in [-0.39, 0.29) is 0 Å². The van der Waals surface area contributed by atoms with E-state index in [0.717, 1.165) is 12.6 Å². The predicted octanol–water partition coefficient (Wildman–Crippen LogP) is 1.58. The number of nitrogens with zero attached hydrogens (tertiary/aromatic N) is 2. The van der Waals surface area contributed by atoms with Gasteiger partial charge in [-0.1, -0.05) is 0 Å². The highest BCUT2D eigenvalue weighted by atomic mass is 16.5. The fourth-order valence-corrected chi connectivity index (χ4v) is 3.66. The summed E-state index contributed by atoms with van der Waals surface area (Å²) in [5.41, 5.74) is 0.636. The minimum absolute atomic E-state index is 0.636. The van der Waals surface area contributed by atoms with Crippen molar-refractivity contribution in [3.05, 3.63) is 0 Å². The van der Waals surface area contributed by atoms with Crippen LogP contribution in [0.2, 0.25) is 0 Å². The lowest BCUT2D eigenvalue weighted by Gasteiger charge is -2.39. The fourth-order valence-electron chi connectivity index (χ4n) is 3.66. The molecule has 3 rings (SSSR count). The SMILES string of the molecule is COCCC1(CN2CCN3CCCC3C2)CC1. The summed E-state index contributed by atoms with van der Waals surface area (Å²) in [7, 11) is 1.83. The zero-order chi connectivity index (χ0) is 11.7. The second-order valence-corrected chi connectivity index (χ2v) is 6.31. The lowest BCUT2D eigenvalue weighted by atomic mass is 10.0. The fraction of sp³-hybridized carbons (Fsp3) is 1.00. The normalized spacial score (nSPS) is 32.6. The maximum atomic E-state index is 5.25. The van der Waals surface area contributed by atoms with Crippen molar-refractivity contribution in [1.29, 1.82) is 0 Å². The van der Waals surface area contributed by atoms with Gasteiger partial charge >= 0.3 is 0 Å². The van der Waals surface area contributed by atoms with E-state index in [4.69, 9.17) is 4.74 Å². The van der Waals surface area contributed by atoms with Gasteiger partial charge in [-0.05, 0) is 44.1 Å². The molecular formula is C14H26N2O. The predicted molar refractivity (Wildman–Crippen MR) is 69.2 cm³/mol. The van der Waals surface area contributed by atoms with Crippen LogP contribution in [0.3, 0.4) is 0 Å². The van der Waals surface area contributed by atoms with Crippen molar-refractivity contribution in [3.63, 3.8) is 0 Å². The van der Waals surface area contributed by atoms with Crippen LogP contribution in [0, 0.1) is 5.41 Å². The summed E-state index contributed by atoms with van der Waals surface area (Å²) >= 11 is 0. The number of rotatable bonds is 5. The summed E-state index contributed by atoms with van der Waals surface area (Å²) in [6, 6.07) is 0.877. The molecule has 1 unspecified atom stereocenters. The lowest BCUT2D eigenvalue weighted by molar-refractivity contribution is 0.0785. The van der Waals surface area contributed by atoms with Crippen LogP contribution < -0.4 is 0 Å². The van der Waals surface area contributed by atoms with E-state index in [2.05, 4.69) is 9.80 Å². The van der Waals surface area contributed by atoms with Gasteiger partial charge in [0.15, 0.2) is 0 Å². The van der Waals surface area contributed by atoms with E-state index in [0.29, 0.717) is 5.41 Å². The molecule has 3 nitrogen and oxygen atoms in total. The van der Waals surface area contributed by atoms with Crippen LogP contribution in [-0.4, -0.2) is 62.3 Å². The van der Waals surface area contributed by atoms with Gasteiger partial charge in [0.2, 0.25) is 0 Å². The molecule has 2 saturated heterocycles. The molecule has 3 fully saturated rings. The molecule has 0 radical (unpaired) electrons. The summed E-state index contributed by atoms with van der Waals surface area (Å²) < 4.78 is 5.25. The molecule has 0 aromatic rings. The minimum atomic E-state index is 0.636. The molecule has 0 spiro atoms. The molecule has 0 aromatic carbocycles. The Balaban J connectivity index is 1.49. The van der Waals surface area contributed by atoms with Crippen molar-refractivity contribution < 1.29 is 4.74 Å². The first-order chi connectivity index (χ1) is 8.31. The number of hydrogen-bond donors (Lipinski definition) is 0. The molecular weight excluding hydrogens is 212 g/mol. The summed E-state index contributed by atoms with van der Waals surface area (Å²) in [6.07, 6.45) is 6.99. The molecule has 17 heavy (non-hydrogen) atoms. The van der Waals surface area contributed by atoms with E-state index >= 15 is 0 Å². The van der Waals surface area contributed by atoms with Crippen LogP contribution in [0.4, 0.5) is 0 Å². The highest BCUT2D eigenvalue weighted by molar-refractivity contribution is 4.97. The summed E-state index contributed by atoms with van der Waals surface area (Å²) in [6.45, 7) is 7.57. The molecule has 3 heteroatoms. The summed E-state index contributed by atoms with van der Waals surface area (Å²) in [5, 5.41) is 0. The Labute approximate surface area is 105 Å². The van der Waals surface area contributed by atoms with Crippen LogP contribution in [0.15, 0.2) is 0 Å². The Kier molecular flexibility index (Phi) is 3.42. The number of fused-ring (bicyclic) bond motifs is 1. The third-order valence-corrected chi connectivity index (χ3v) is 5.02. The minimum Gasteiger partial charge on any atom is -0.385 e. The van der Waals surface area contributed by atoms with Gasteiger partial charge < -0.3 is 4.74 Å². The molecule has 0 bridgehead atoms. The zero-order valence-electron chi connectivity index (χ0n) is 11.2. The topological polar surface area (TPSA) is 15.7 Å². The Morgan fingerprint density at radius 2 is 2.12 bits per heavy atom. The zero-order valence-corrected chi connectivity index (χ0v) is 11.2. The molecule has 0 N–H and O–H groups in total. The Bertz CT molecular complexity index is 265. The number of hydrogen-bond acceptors (Lipinski definition) is 3. The largest absolute Gasteiger partial charge is 0.385 e. The highest BCUT2D eigenvalue weighted by Crippen LogP contribution is 2.49.